The molecule has 1 aliphatic rings. The number of aryl methyl sites for hydroxylation is 2. The molecule has 1 saturated heterocycles. The molecular weight excluding hydrogens is 266 g/mol. The minimum atomic E-state index is 0.126. The zero-order chi connectivity index (χ0) is 15.6. The molecule has 0 amide bonds. The molecule has 2 heterocycles. The minimum Gasteiger partial charge on any atom is -0.409 e. The molecule has 1 aromatic heterocycles. The van der Waals surface area contributed by atoms with E-state index in [-0.39, 0.29) is 5.84 Å². The summed E-state index contributed by atoms with van der Waals surface area (Å²) in [6.45, 7) is 12.2. The number of pyridine rings is 1. The highest BCUT2D eigenvalue weighted by Gasteiger charge is 2.23. The molecule has 21 heavy (non-hydrogen) atoms. The Labute approximate surface area is 126 Å². The molecule has 0 saturated carbocycles. The van der Waals surface area contributed by atoms with E-state index in [0.717, 1.165) is 48.8 Å². The molecule has 0 spiro atoms. The van der Waals surface area contributed by atoms with E-state index in [4.69, 9.17) is 10.9 Å². The van der Waals surface area contributed by atoms with Gasteiger partial charge < -0.3 is 15.8 Å². The molecular formula is C15H25N5O. The Morgan fingerprint density at radius 1 is 1.29 bits per heavy atom. The molecule has 3 N–H and O–H groups in total. The van der Waals surface area contributed by atoms with E-state index in [9.17, 15) is 0 Å². The quantitative estimate of drug-likeness (QED) is 0.380. The van der Waals surface area contributed by atoms with Crippen LogP contribution in [0.2, 0.25) is 0 Å². The van der Waals surface area contributed by atoms with Gasteiger partial charge in [0.1, 0.15) is 0 Å². The number of piperazine rings is 1. The van der Waals surface area contributed by atoms with E-state index < -0.39 is 0 Å². The first-order valence-corrected chi connectivity index (χ1v) is 7.39. The third kappa shape index (κ3) is 3.26. The Kier molecular flexibility index (Phi) is 4.67. The Hall–Kier alpha value is -1.82. The minimum absolute atomic E-state index is 0.126. The van der Waals surface area contributed by atoms with E-state index in [1.807, 2.05) is 19.9 Å². The van der Waals surface area contributed by atoms with Crippen LogP contribution in [0.4, 0.5) is 5.69 Å². The molecule has 6 nitrogen and oxygen atoms in total. The van der Waals surface area contributed by atoms with Gasteiger partial charge in [-0.2, -0.15) is 0 Å². The number of oxime groups is 1. The number of amidine groups is 1. The van der Waals surface area contributed by atoms with Gasteiger partial charge in [-0.25, -0.2) is 0 Å². The summed E-state index contributed by atoms with van der Waals surface area (Å²) in [5.41, 5.74) is 9.35. The number of hydrogen-bond donors (Lipinski definition) is 2. The van der Waals surface area contributed by atoms with Gasteiger partial charge in [-0.1, -0.05) is 5.16 Å². The van der Waals surface area contributed by atoms with Gasteiger partial charge in [0, 0.05) is 37.9 Å². The summed E-state index contributed by atoms with van der Waals surface area (Å²) < 4.78 is 0. The summed E-state index contributed by atoms with van der Waals surface area (Å²) in [6, 6.07) is 2.59. The third-order valence-electron chi connectivity index (χ3n) is 4.06. The number of aromatic nitrogens is 1. The first kappa shape index (κ1) is 15.6. The van der Waals surface area contributed by atoms with Gasteiger partial charge in [-0.05, 0) is 33.8 Å². The van der Waals surface area contributed by atoms with Crippen molar-refractivity contribution in [3.05, 3.63) is 23.0 Å². The van der Waals surface area contributed by atoms with Crippen molar-refractivity contribution in [1.29, 1.82) is 0 Å². The summed E-state index contributed by atoms with van der Waals surface area (Å²) in [6.07, 6.45) is 0. The fourth-order valence-electron chi connectivity index (χ4n) is 2.90. The van der Waals surface area contributed by atoms with Gasteiger partial charge >= 0.3 is 0 Å². The van der Waals surface area contributed by atoms with Crippen molar-refractivity contribution in [2.24, 2.45) is 10.9 Å². The number of anilines is 1. The lowest BCUT2D eigenvalue weighted by Gasteiger charge is -2.39. The van der Waals surface area contributed by atoms with Gasteiger partial charge in [0.25, 0.3) is 0 Å². The summed E-state index contributed by atoms with van der Waals surface area (Å²) in [5, 5.41) is 12.2. The van der Waals surface area contributed by atoms with Crippen molar-refractivity contribution in [2.75, 3.05) is 31.1 Å². The van der Waals surface area contributed by atoms with E-state index in [0.29, 0.717) is 6.04 Å². The third-order valence-corrected chi connectivity index (χ3v) is 4.06. The first-order valence-electron chi connectivity index (χ1n) is 7.39. The molecule has 1 fully saturated rings. The summed E-state index contributed by atoms with van der Waals surface area (Å²) in [7, 11) is 0. The zero-order valence-corrected chi connectivity index (χ0v) is 13.3. The molecule has 0 bridgehead atoms. The van der Waals surface area contributed by atoms with Crippen LogP contribution in [0.15, 0.2) is 11.2 Å². The fourth-order valence-corrected chi connectivity index (χ4v) is 2.90. The maximum Gasteiger partial charge on any atom is 0.174 e. The average molecular weight is 291 g/mol. The van der Waals surface area contributed by atoms with Crippen molar-refractivity contribution in [3.8, 4) is 0 Å². The predicted octanol–water partition coefficient (Wildman–Crippen LogP) is 1.32. The molecule has 1 aromatic rings. The van der Waals surface area contributed by atoms with Gasteiger partial charge in [-0.3, -0.25) is 9.88 Å². The number of nitrogens with two attached hydrogens (primary N) is 1. The second-order valence-corrected chi connectivity index (χ2v) is 5.85. The number of hydrogen-bond acceptors (Lipinski definition) is 5. The summed E-state index contributed by atoms with van der Waals surface area (Å²) >= 11 is 0. The van der Waals surface area contributed by atoms with Crippen molar-refractivity contribution in [3.63, 3.8) is 0 Å². The van der Waals surface area contributed by atoms with Crippen LogP contribution in [0, 0.1) is 13.8 Å². The smallest absolute Gasteiger partial charge is 0.174 e. The van der Waals surface area contributed by atoms with Crippen LogP contribution in [0.3, 0.4) is 0 Å². The molecule has 116 valence electrons. The van der Waals surface area contributed by atoms with Crippen LogP contribution in [0.25, 0.3) is 0 Å². The van der Waals surface area contributed by atoms with Crippen LogP contribution in [-0.4, -0.2) is 53.1 Å². The molecule has 0 atom stereocenters. The highest BCUT2D eigenvalue weighted by Crippen LogP contribution is 2.25. The average Bonchev–Trinajstić information content (AvgIpc) is 2.45. The Morgan fingerprint density at radius 2 is 1.90 bits per heavy atom. The summed E-state index contributed by atoms with van der Waals surface area (Å²) in [4.78, 5) is 9.19. The SMILES string of the molecule is Cc1cc(N2CCN(C(C)C)CC2)c(/C(N)=N/O)c(C)n1. The van der Waals surface area contributed by atoms with Crippen LogP contribution in [-0.2, 0) is 0 Å². The van der Waals surface area contributed by atoms with Crippen molar-refractivity contribution in [1.82, 2.24) is 9.88 Å². The lowest BCUT2D eigenvalue weighted by Crippen LogP contribution is -2.49. The van der Waals surface area contributed by atoms with Crippen LogP contribution in [0.5, 0.6) is 0 Å². The molecule has 1 aliphatic heterocycles. The van der Waals surface area contributed by atoms with Crippen LogP contribution >= 0.6 is 0 Å². The largest absolute Gasteiger partial charge is 0.409 e. The summed E-state index contributed by atoms with van der Waals surface area (Å²) in [5.74, 6) is 0.126. The van der Waals surface area contributed by atoms with Gasteiger partial charge in [-0.15, -0.1) is 0 Å². The highest BCUT2D eigenvalue weighted by molar-refractivity contribution is 6.03. The monoisotopic (exact) mass is 291 g/mol. The molecule has 6 heteroatoms. The van der Waals surface area contributed by atoms with E-state index in [1.54, 1.807) is 0 Å². The predicted molar refractivity (Wildman–Crippen MR) is 85.1 cm³/mol. The standard InChI is InChI=1S/C15H25N5O/c1-10(2)19-5-7-20(8-6-19)13-9-11(3)17-12(4)14(13)15(16)18-21/h9-10,21H,5-8H2,1-4H3,(H2,16,18). The van der Waals surface area contributed by atoms with E-state index in [2.05, 4.69) is 33.8 Å². The van der Waals surface area contributed by atoms with Gasteiger partial charge in [0.2, 0.25) is 0 Å². The molecule has 0 radical (unpaired) electrons. The molecule has 0 aliphatic carbocycles. The normalized spacial score (nSPS) is 17.6. The molecule has 0 unspecified atom stereocenters. The Balaban J connectivity index is 2.32. The van der Waals surface area contributed by atoms with E-state index in [1.165, 1.54) is 0 Å². The highest BCUT2D eigenvalue weighted by atomic mass is 16.4. The number of nitrogens with zero attached hydrogens (tertiary/aromatic N) is 4. The second-order valence-electron chi connectivity index (χ2n) is 5.85. The van der Waals surface area contributed by atoms with Gasteiger partial charge in [0.05, 0.1) is 16.9 Å². The van der Waals surface area contributed by atoms with Gasteiger partial charge in [0.15, 0.2) is 5.84 Å². The van der Waals surface area contributed by atoms with Crippen molar-refractivity contribution in [2.45, 2.75) is 33.7 Å². The lowest BCUT2D eigenvalue weighted by molar-refractivity contribution is 0.209. The first-order chi connectivity index (χ1) is 9.93. The topological polar surface area (TPSA) is 78.0 Å². The van der Waals surface area contributed by atoms with Crippen LogP contribution < -0.4 is 10.6 Å². The van der Waals surface area contributed by atoms with E-state index >= 15 is 0 Å². The van der Waals surface area contributed by atoms with Crippen molar-refractivity contribution < 1.29 is 5.21 Å². The Bertz CT molecular complexity index is 533. The number of rotatable bonds is 3. The van der Waals surface area contributed by atoms with Crippen LogP contribution in [0.1, 0.15) is 30.8 Å². The maximum atomic E-state index is 9.03. The Morgan fingerprint density at radius 3 is 2.43 bits per heavy atom. The maximum absolute atomic E-state index is 9.03. The second kappa shape index (κ2) is 6.30. The lowest BCUT2D eigenvalue weighted by atomic mass is 10.1. The zero-order valence-electron chi connectivity index (χ0n) is 13.3. The molecule has 0 aromatic carbocycles. The molecule has 2 rings (SSSR count). The van der Waals surface area contributed by atoms with Crippen molar-refractivity contribution >= 4 is 11.5 Å². The fraction of sp³-hybridized carbons (Fsp3) is 0.600.